The number of nitrogens with zero attached hydrogens (tertiary/aromatic N) is 1. The predicted molar refractivity (Wildman–Crippen MR) is 115 cm³/mol. The molecule has 2 aromatic carbocycles. The van der Waals surface area contributed by atoms with Crippen LogP contribution in [0.4, 0.5) is 5.69 Å². The molecule has 0 bridgehead atoms. The fraction of sp³-hybridized carbons (Fsp3) is 0.300. The summed E-state index contributed by atoms with van der Waals surface area (Å²) in [4.78, 5) is 26.5. The quantitative estimate of drug-likeness (QED) is 0.635. The van der Waals surface area contributed by atoms with Gasteiger partial charge in [-0.1, -0.05) is 46.3 Å². The fourth-order valence-corrected chi connectivity index (χ4v) is 4.32. The summed E-state index contributed by atoms with van der Waals surface area (Å²) in [6.07, 6.45) is 0.180. The van der Waals surface area contributed by atoms with Crippen molar-refractivity contribution in [2.45, 2.75) is 18.7 Å². The summed E-state index contributed by atoms with van der Waals surface area (Å²) in [6, 6.07) is 14.5. The van der Waals surface area contributed by atoms with Gasteiger partial charge in [0.15, 0.2) is 0 Å². The first-order valence-corrected chi connectivity index (χ1v) is 11.5. The van der Waals surface area contributed by atoms with Gasteiger partial charge in [-0.3, -0.25) is 9.59 Å². The number of rotatable bonds is 7. The Morgan fingerprint density at radius 2 is 1.86 bits per heavy atom. The zero-order valence-electron chi connectivity index (χ0n) is 15.9. The highest BCUT2D eigenvalue weighted by Crippen LogP contribution is 2.27. The van der Waals surface area contributed by atoms with Crippen LogP contribution >= 0.6 is 15.9 Å². The largest absolute Gasteiger partial charge is 0.352 e. The zero-order chi connectivity index (χ0) is 21.0. The number of hydrogen-bond acceptors (Lipinski definition) is 4. The molecular weight excluding hydrogens is 458 g/mol. The Kier molecular flexibility index (Phi) is 6.71. The number of nitrogens with one attached hydrogen (secondary N) is 2. The van der Waals surface area contributed by atoms with Crippen molar-refractivity contribution in [3.05, 3.63) is 64.1 Å². The van der Waals surface area contributed by atoms with E-state index in [9.17, 15) is 18.0 Å². The maximum Gasteiger partial charge on any atom is 0.227 e. The molecule has 9 heteroatoms. The smallest absolute Gasteiger partial charge is 0.227 e. The highest BCUT2D eigenvalue weighted by molar-refractivity contribution is 9.10. The lowest BCUT2D eigenvalue weighted by Gasteiger charge is -2.17. The maximum atomic E-state index is 12.5. The van der Waals surface area contributed by atoms with E-state index >= 15 is 0 Å². The van der Waals surface area contributed by atoms with E-state index in [1.807, 2.05) is 24.3 Å². The van der Waals surface area contributed by atoms with Crippen LogP contribution in [0.25, 0.3) is 0 Å². The molecule has 0 spiro atoms. The Bertz CT molecular complexity index is 1010. The van der Waals surface area contributed by atoms with Gasteiger partial charge in [0.05, 0.1) is 11.7 Å². The standard InChI is InChI=1S/C20H22BrN3O4S/c1-22-29(27,28)13-15-7-5-14(6-8-15)11-23-20(26)16-9-19(25)24(12-16)18-4-2-3-17(21)10-18/h2-8,10,16,22H,9,11-13H2,1H3,(H,23,26). The predicted octanol–water partition coefficient (Wildman–Crippen LogP) is 2.17. The lowest BCUT2D eigenvalue weighted by atomic mass is 10.1. The summed E-state index contributed by atoms with van der Waals surface area (Å²) in [7, 11) is -1.94. The molecule has 0 aliphatic carbocycles. The number of halogens is 1. The summed E-state index contributed by atoms with van der Waals surface area (Å²) >= 11 is 3.39. The van der Waals surface area contributed by atoms with E-state index in [2.05, 4.69) is 26.0 Å². The molecule has 1 atom stereocenters. The van der Waals surface area contributed by atoms with Crippen LogP contribution in [0.2, 0.25) is 0 Å². The van der Waals surface area contributed by atoms with Crippen LogP contribution in [0.1, 0.15) is 17.5 Å². The Hall–Kier alpha value is -2.23. The number of anilines is 1. The molecule has 1 saturated heterocycles. The van der Waals surface area contributed by atoms with Crippen molar-refractivity contribution in [1.29, 1.82) is 0 Å². The van der Waals surface area contributed by atoms with Crippen molar-refractivity contribution in [2.24, 2.45) is 5.92 Å². The molecule has 2 aromatic rings. The second-order valence-electron chi connectivity index (χ2n) is 6.88. The summed E-state index contributed by atoms with van der Waals surface area (Å²) in [6.45, 7) is 0.668. The van der Waals surface area contributed by atoms with Gasteiger partial charge in [0.2, 0.25) is 21.8 Å². The van der Waals surface area contributed by atoms with Gasteiger partial charge in [0.25, 0.3) is 0 Å². The molecule has 29 heavy (non-hydrogen) atoms. The first kappa shape index (κ1) is 21.5. The number of hydrogen-bond donors (Lipinski definition) is 2. The molecule has 1 aliphatic rings. The molecular formula is C20H22BrN3O4S. The molecule has 0 saturated carbocycles. The van der Waals surface area contributed by atoms with Crippen molar-refractivity contribution >= 4 is 43.5 Å². The normalized spacial score (nSPS) is 16.8. The van der Waals surface area contributed by atoms with Crippen LogP contribution in [-0.2, 0) is 31.9 Å². The fourth-order valence-electron chi connectivity index (χ4n) is 3.16. The molecule has 1 aliphatic heterocycles. The topological polar surface area (TPSA) is 95.6 Å². The minimum absolute atomic E-state index is 0.0710. The minimum Gasteiger partial charge on any atom is -0.352 e. The van der Waals surface area contributed by atoms with Gasteiger partial charge in [-0.05, 0) is 36.4 Å². The van der Waals surface area contributed by atoms with Crippen LogP contribution in [0, 0.1) is 5.92 Å². The molecule has 1 unspecified atom stereocenters. The van der Waals surface area contributed by atoms with Crippen molar-refractivity contribution in [2.75, 3.05) is 18.5 Å². The van der Waals surface area contributed by atoms with Gasteiger partial charge < -0.3 is 10.2 Å². The number of carbonyl (C=O) groups is 2. The van der Waals surface area contributed by atoms with E-state index in [0.717, 1.165) is 15.7 Å². The lowest BCUT2D eigenvalue weighted by molar-refractivity contribution is -0.126. The Morgan fingerprint density at radius 1 is 1.17 bits per heavy atom. The molecule has 1 fully saturated rings. The average molecular weight is 480 g/mol. The van der Waals surface area contributed by atoms with Crippen LogP contribution in [-0.4, -0.2) is 33.8 Å². The van der Waals surface area contributed by atoms with E-state index in [1.165, 1.54) is 7.05 Å². The van der Waals surface area contributed by atoms with Crippen molar-refractivity contribution < 1.29 is 18.0 Å². The second kappa shape index (κ2) is 9.06. The maximum absolute atomic E-state index is 12.5. The molecule has 0 aromatic heterocycles. The number of benzene rings is 2. The molecule has 3 rings (SSSR count). The lowest BCUT2D eigenvalue weighted by Crippen LogP contribution is -2.32. The van der Waals surface area contributed by atoms with E-state index in [0.29, 0.717) is 18.7 Å². The van der Waals surface area contributed by atoms with Crippen molar-refractivity contribution in [3.8, 4) is 0 Å². The van der Waals surface area contributed by atoms with Crippen LogP contribution < -0.4 is 14.9 Å². The first-order chi connectivity index (χ1) is 13.8. The molecule has 2 amide bonds. The highest BCUT2D eigenvalue weighted by atomic mass is 79.9. The van der Waals surface area contributed by atoms with Crippen molar-refractivity contribution in [1.82, 2.24) is 10.0 Å². The minimum atomic E-state index is -3.32. The monoisotopic (exact) mass is 479 g/mol. The first-order valence-electron chi connectivity index (χ1n) is 9.10. The third-order valence-electron chi connectivity index (χ3n) is 4.77. The van der Waals surface area contributed by atoms with E-state index < -0.39 is 15.9 Å². The molecule has 7 nitrogen and oxygen atoms in total. The van der Waals surface area contributed by atoms with E-state index in [1.54, 1.807) is 29.2 Å². The van der Waals surface area contributed by atoms with Crippen LogP contribution in [0.3, 0.4) is 0 Å². The second-order valence-corrected chi connectivity index (χ2v) is 9.72. The third-order valence-corrected chi connectivity index (χ3v) is 6.60. The molecule has 0 radical (unpaired) electrons. The SMILES string of the molecule is CNS(=O)(=O)Cc1ccc(CNC(=O)C2CC(=O)N(c3cccc(Br)c3)C2)cc1. The summed E-state index contributed by atoms with van der Waals surface area (Å²) in [5.74, 6) is -0.733. The summed E-state index contributed by atoms with van der Waals surface area (Å²) in [5.41, 5.74) is 2.30. The van der Waals surface area contributed by atoms with E-state index in [4.69, 9.17) is 0 Å². The number of amides is 2. The Labute approximate surface area is 178 Å². The number of sulfonamides is 1. The average Bonchev–Trinajstić information content (AvgIpc) is 3.09. The number of carbonyl (C=O) groups excluding carboxylic acids is 2. The molecule has 1 heterocycles. The van der Waals surface area contributed by atoms with E-state index in [-0.39, 0.29) is 24.0 Å². The van der Waals surface area contributed by atoms with Gasteiger partial charge in [0.1, 0.15) is 0 Å². The van der Waals surface area contributed by atoms with Crippen molar-refractivity contribution in [3.63, 3.8) is 0 Å². The van der Waals surface area contributed by atoms with Gasteiger partial charge in [-0.15, -0.1) is 0 Å². The molecule has 2 N–H and O–H groups in total. The highest BCUT2D eigenvalue weighted by Gasteiger charge is 2.35. The van der Waals surface area contributed by atoms with Gasteiger partial charge >= 0.3 is 0 Å². The zero-order valence-corrected chi connectivity index (χ0v) is 18.3. The third kappa shape index (κ3) is 5.65. The summed E-state index contributed by atoms with van der Waals surface area (Å²) in [5, 5.41) is 2.87. The van der Waals surface area contributed by atoms with Crippen LogP contribution in [0.15, 0.2) is 53.0 Å². The van der Waals surface area contributed by atoms with Crippen LogP contribution in [0.5, 0.6) is 0 Å². The van der Waals surface area contributed by atoms with Gasteiger partial charge in [-0.2, -0.15) is 0 Å². The van der Waals surface area contributed by atoms with Gasteiger partial charge in [0, 0.05) is 29.7 Å². The Balaban J connectivity index is 1.55. The molecule has 154 valence electrons. The summed E-state index contributed by atoms with van der Waals surface area (Å²) < 4.78 is 26.3. The van der Waals surface area contributed by atoms with Gasteiger partial charge in [-0.25, -0.2) is 13.1 Å². The Morgan fingerprint density at radius 3 is 2.52 bits per heavy atom.